The second-order valence-electron chi connectivity index (χ2n) is 6.33. The van der Waals surface area contributed by atoms with Crippen molar-refractivity contribution in [1.29, 1.82) is 0 Å². The predicted octanol–water partition coefficient (Wildman–Crippen LogP) is 3.97. The number of ether oxygens (including phenoxy) is 1. The van der Waals surface area contributed by atoms with Crippen LogP contribution in [0, 0.1) is 6.92 Å². The van der Waals surface area contributed by atoms with Crippen LogP contribution in [0.3, 0.4) is 0 Å². The van der Waals surface area contributed by atoms with Gasteiger partial charge in [-0.25, -0.2) is 4.79 Å². The average molecular weight is 348 g/mol. The van der Waals surface area contributed by atoms with E-state index in [1.54, 1.807) is 6.20 Å². The number of aryl methyl sites for hydroxylation is 2. The number of anilines is 2. The summed E-state index contributed by atoms with van der Waals surface area (Å²) < 4.78 is 7.35. The highest BCUT2D eigenvalue weighted by atomic mass is 16.5. The van der Waals surface area contributed by atoms with Gasteiger partial charge in [0.1, 0.15) is 5.75 Å². The van der Waals surface area contributed by atoms with Crippen molar-refractivity contribution in [3.63, 3.8) is 0 Å². The van der Waals surface area contributed by atoms with E-state index in [1.165, 1.54) is 0 Å². The van der Waals surface area contributed by atoms with Crippen LogP contribution in [0.25, 0.3) is 11.3 Å². The third kappa shape index (κ3) is 3.01. The third-order valence-electron chi connectivity index (χ3n) is 4.59. The molecule has 1 aliphatic heterocycles. The molecule has 0 unspecified atom stereocenters. The van der Waals surface area contributed by atoms with E-state index in [-0.39, 0.29) is 6.03 Å². The van der Waals surface area contributed by atoms with Crippen molar-refractivity contribution in [2.75, 3.05) is 17.2 Å². The number of nitrogens with one attached hydrogen (secondary N) is 2. The molecule has 0 bridgehead atoms. The summed E-state index contributed by atoms with van der Waals surface area (Å²) in [6.07, 6.45) is 2.56. The fraction of sp³-hybridized carbons (Fsp3) is 0.200. The quantitative estimate of drug-likeness (QED) is 0.752. The molecule has 0 radical (unpaired) electrons. The smallest absolute Gasteiger partial charge is 0.323 e. The maximum absolute atomic E-state index is 12.5. The summed E-state index contributed by atoms with van der Waals surface area (Å²) in [7, 11) is 1.90. The number of amides is 2. The maximum Gasteiger partial charge on any atom is 0.323 e. The zero-order valence-electron chi connectivity index (χ0n) is 14.7. The summed E-state index contributed by atoms with van der Waals surface area (Å²) in [5.74, 6) is 0.845. The molecule has 6 nitrogen and oxygen atoms in total. The van der Waals surface area contributed by atoms with Crippen LogP contribution in [0.4, 0.5) is 16.2 Å². The Labute approximate surface area is 151 Å². The number of carbonyl (C=O) groups is 1. The number of rotatable bonds is 3. The highest BCUT2D eigenvalue weighted by Gasteiger charge is 2.17. The van der Waals surface area contributed by atoms with Crippen LogP contribution in [0.5, 0.6) is 5.75 Å². The van der Waals surface area contributed by atoms with Gasteiger partial charge in [0.25, 0.3) is 0 Å². The van der Waals surface area contributed by atoms with Crippen molar-refractivity contribution in [2.24, 2.45) is 7.05 Å². The molecule has 6 heteroatoms. The molecule has 3 aromatic rings. The molecule has 0 spiro atoms. The summed E-state index contributed by atoms with van der Waals surface area (Å²) in [5, 5.41) is 10.1. The van der Waals surface area contributed by atoms with Gasteiger partial charge in [0.2, 0.25) is 0 Å². The summed E-state index contributed by atoms with van der Waals surface area (Å²) in [4.78, 5) is 12.5. The van der Waals surface area contributed by atoms with E-state index in [1.807, 2.05) is 61.1 Å². The second kappa shape index (κ2) is 6.55. The van der Waals surface area contributed by atoms with Crippen LogP contribution in [0.1, 0.15) is 11.1 Å². The van der Waals surface area contributed by atoms with Gasteiger partial charge in [-0.1, -0.05) is 18.2 Å². The van der Waals surface area contributed by atoms with Crippen molar-refractivity contribution in [1.82, 2.24) is 9.78 Å². The second-order valence-corrected chi connectivity index (χ2v) is 6.33. The first-order valence-electron chi connectivity index (χ1n) is 8.53. The predicted molar refractivity (Wildman–Crippen MR) is 102 cm³/mol. The molecular weight excluding hydrogens is 328 g/mol. The van der Waals surface area contributed by atoms with Crippen LogP contribution >= 0.6 is 0 Å². The van der Waals surface area contributed by atoms with Gasteiger partial charge in [-0.3, -0.25) is 4.68 Å². The highest BCUT2D eigenvalue weighted by molar-refractivity contribution is 6.01. The van der Waals surface area contributed by atoms with Crippen molar-refractivity contribution in [3.05, 3.63) is 59.8 Å². The standard InChI is InChI=1S/C20H20N4O2/c1-13-6-7-14(18-8-10-21-24(18)2)12-17(13)23-20(25)22-16-4-3-5-19-15(16)9-11-26-19/h3-8,10,12H,9,11H2,1-2H3,(H2,22,23,25). The largest absolute Gasteiger partial charge is 0.493 e. The lowest BCUT2D eigenvalue weighted by molar-refractivity contribution is 0.262. The fourth-order valence-electron chi connectivity index (χ4n) is 3.19. The van der Waals surface area contributed by atoms with Gasteiger partial charge in [0.05, 0.1) is 12.3 Å². The Morgan fingerprint density at radius 1 is 1.15 bits per heavy atom. The van der Waals surface area contributed by atoms with Gasteiger partial charge in [-0.15, -0.1) is 0 Å². The lowest BCUT2D eigenvalue weighted by Crippen LogP contribution is -2.20. The van der Waals surface area contributed by atoms with Gasteiger partial charge in [-0.05, 0) is 36.8 Å². The summed E-state index contributed by atoms with van der Waals surface area (Å²) in [5.41, 5.74) is 5.59. The SMILES string of the molecule is Cc1ccc(-c2ccnn2C)cc1NC(=O)Nc1cccc2c1CCO2. The van der Waals surface area contributed by atoms with E-state index in [0.717, 1.165) is 45.9 Å². The van der Waals surface area contributed by atoms with Crippen molar-refractivity contribution in [3.8, 4) is 17.0 Å². The third-order valence-corrected chi connectivity index (χ3v) is 4.59. The Morgan fingerprint density at radius 3 is 2.81 bits per heavy atom. The molecule has 2 heterocycles. The van der Waals surface area contributed by atoms with Crippen LogP contribution < -0.4 is 15.4 Å². The number of carbonyl (C=O) groups excluding carboxylic acids is 1. The lowest BCUT2D eigenvalue weighted by Gasteiger charge is -2.13. The molecule has 0 atom stereocenters. The molecule has 0 aliphatic carbocycles. The molecule has 2 aromatic carbocycles. The maximum atomic E-state index is 12.5. The molecule has 132 valence electrons. The van der Waals surface area contributed by atoms with Crippen LogP contribution in [0.15, 0.2) is 48.7 Å². The minimum Gasteiger partial charge on any atom is -0.493 e. The Morgan fingerprint density at radius 2 is 2.00 bits per heavy atom. The molecule has 0 fully saturated rings. The van der Waals surface area contributed by atoms with E-state index < -0.39 is 0 Å². The van der Waals surface area contributed by atoms with E-state index >= 15 is 0 Å². The molecular formula is C20H20N4O2. The van der Waals surface area contributed by atoms with Crippen molar-refractivity contribution < 1.29 is 9.53 Å². The van der Waals surface area contributed by atoms with Gasteiger partial charge in [0.15, 0.2) is 0 Å². The van der Waals surface area contributed by atoms with E-state index in [9.17, 15) is 4.79 Å². The monoisotopic (exact) mass is 348 g/mol. The fourth-order valence-corrected chi connectivity index (χ4v) is 3.19. The zero-order valence-corrected chi connectivity index (χ0v) is 14.7. The average Bonchev–Trinajstić information content (AvgIpc) is 3.26. The summed E-state index contributed by atoms with van der Waals surface area (Å²) >= 11 is 0. The first kappa shape index (κ1) is 16.2. The minimum absolute atomic E-state index is 0.268. The number of hydrogen-bond donors (Lipinski definition) is 2. The number of fused-ring (bicyclic) bond motifs is 1. The molecule has 1 aliphatic rings. The minimum atomic E-state index is -0.268. The van der Waals surface area contributed by atoms with E-state index in [2.05, 4.69) is 15.7 Å². The number of hydrogen-bond acceptors (Lipinski definition) is 3. The Kier molecular flexibility index (Phi) is 4.08. The molecule has 1 aromatic heterocycles. The van der Waals surface area contributed by atoms with E-state index in [4.69, 9.17) is 4.74 Å². The molecule has 4 rings (SSSR count). The molecule has 0 saturated carbocycles. The summed E-state index contributed by atoms with van der Waals surface area (Å²) in [6, 6.07) is 13.4. The van der Waals surface area contributed by atoms with Crippen LogP contribution in [-0.4, -0.2) is 22.4 Å². The Bertz CT molecular complexity index is 978. The van der Waals surface area contributed by atoms with Crippen molar-refractivity contribution in [2.45, 2.75) is 13.3 Å². The molecule has 2 N–H and O–H groups in total. The van der Waals surface area contributed by atoms with Gasteiger partial charge in [-0.2, -0.15) is 5.10 Å². The number of aromatic nitrogens is 2. The van der Waals surface area contributed by atoms with Gasteiger partial charge >= 0.3 is 6.03 Å². The first-order valence-corrected chi connectivity index (χ1v) is 8.53. The van der Waals surface area contributed by atoms with Crippen molar-refractivity contribution >= 4 is 17.4 Å². The van der Waals surface area contributed by atoms with Crippen LogP contribution in [-0.2, 0) is 13.5 Å². The number of nitrogens with zero attached hydrogens (tertiary/aromatic N) is 2. The summed E-state index contributed by atoms with van der Waals surface area (Å²) in [6.45, 7) is 2.62. The number of benzene rings is 2. The highest BCUT2D eigenvalue weighted by Crippen LogP contribution is 2.31. The Balaban J connectivity index is 1.55. The zero-order chi connectivity index (χ0) is 18.1. The van der Waals surface area contributed by atoms with Gasteiger partial charge < -0.3 is 15.4 Å². The molecule has 2 amide bonds. The lowest BCUT2D eigenvalue weighted by atomic mass is 10.1. The molecule has 0 saturated heterocycles. The first-order chi connectivity index (χ1) is 12.6. The van der Waals surface area contributed by atoms with Gasteiger partial charge in [0, 0.05) is 42.2 Å². The van der Waals surface area contributed by atoms with E-state index in [0.29, 0.717) is 6.61 Å². The Hall–Kier alpha value is -3.28. The molecule has 26 heavy (non-hydrogen) atoms. The topological polar surface area (TPSA) is 68.2 Å². The number of urea groups is 1. The van der Waals surface area contributed by atoms with Crippen LogP contribution in [0.2, 0.25) is 0 Å². The normalized spacial score (nSPS) is 12.4.